The Labute approximate surface area is 92.9 Å². The molecule has 1 fully saturated rings. The van der Waals surface area contributed by atoms with Crippen LogP contribution in [-0.2, 0) is 15.1 Å². The van der Waals surface area contributed by atoms with E-state index in [1.165, 1.54) is 18.2 Å². The van der Waals surface area contributed by atoms with Gasteiger partial charge in [0.05, 0.1) is 13.2 Å². The summed E-state index contributed by atoms with van der Waals surface area (Å²) in [5.41, 5.74) is 0.113. The molecule has 0 unspecified atom stereocenters. The fourth-order valence-electron chi connectivity index (χ4n) is 1.69. The van der Waals surface area contributed by atoms with Crippen molar-refractivity contribution in [3.05, 3.63) is 48.3 Å². The second-order valence-electron chi connectivity index (χ2n) is 3.78. The van der Waals surface area contributed by atoms with Crippen LogP contribution >= 0.6 is 0 Å². The lowest BCUT2D eigenvalue weighted by molar-refractivity contribution is -0.129. The highest BCUT2D eigenvalue weighted by atomic mass is 19.1. The highest BCUT2D eigenvalue weighted by Gasteiger charge is 2.41. The Kier molecular flexibility index (Phi) is 2.75. The van der Waals surface area contributed by atoms with Gasteiger partial charge in [-0.15, -0.1) is 0 Å². The van der Waals surface area contributed by atoms with Crippen molar-refractivity contribution in [1.29, 1.82) is 0 Å². The van der Waals surface area contributed by atoms with Crippen molar-refractivity contribution < 1.29 is 13.9 Å². The highest BCUT2D eigenvalue weighted by Crippen LogP contribution is 2.29. The molecule has 1 saturated heterocycles. The number of benzene rings is 1. The normalized spacial score (nSPS) is 17.3. The Morgan fingerprint density at radius 1 is 1.56 bits per heavy atom. The number of amides is 1. The third-order valence-electron chi connectivity index (χ3n) is 2.62. The number of nitrogens with one attached hydrogen (secondary N) is 1. The minimum atomic E-state index is -0.604. The first-order valence-electron chi connectivity index (χ1n) is 4.95. The molecule has 1 amide bonds. The van der Waals surface area contributed by atoms with E-state index in [4.69, 9.17) is 4.74 Å². The van der Waals surface area contributed by atoms with Gasteiger partial charge in [0.1, 0.15) is 11.4 Å². The number of ether oxygens (including phenoxy) is 1. The summed E-state index contributed by atoms with van der Waals surface area (Å²) in [4.78, 5) is 11.3. The van der Waals surface area contributed by atoms with Crippen molar-refractivity contribution in [3.8, 4) is 0 Å². The first-order valence-corrected chi connectivity index (χ1v) is 4.95. The van der Waals surface area contributed by atoms with E-state index in [1.54, 1.807) is 12.1 Å². The molecule has 0 aromatic heterocycles. The summed E-state index contributed by atoms with van der Waals surface area (Å²) >= 11 is 0. The largest absolute Gasteiger partial charge is 0.376 e. The maximum Gasteiger partial charge on any atom is 0.244 e. The molecule has 84 valence electrons. The van der Waals surface area contributed by atoms with Crippen molar-refractivity contribution in [2.24, 2.45) is 0 Å². The molecule has 0 bridgehead atoms. The number of carbonyl (C=O) groups is 1. The lowest BCUT2D eigenvalue weighted by Gasteiger charge is -2.42. The lowest BCUT2D eigenvalue weighted by Crippen LogP contribution is -2.59. The maximum absolute atomic E-state index is 13.1. The number of hydrogen-bond donors (Lipinski definition) is 1. The van der Waals surface area contributed by atoms with Crippen LogP contribution in [0.15, 0.2) is 36.9 Å². The number of halogens is 1. The van der Waals surface area contributed by atoms with Gasteiger partial charge in [-0.25, -0.2) is 4.39 Å². The minimum Gasteiger partial charge on any atom is -0.376 e. The minimum absolute atomic E-state index is 0.285. The summed E-state index contributed by atoms with van der Waals surface area (Å²) in [5, 5.41) is 2.77. The van der Waals surface area contributed by atoms with Crippen LogP contribution in [0.5, 0.6) is 0 Å². The van der Waals surface area contributed by atoms with Crippen molar-refractivity contribution in [3.63, 3.8) is 0 Å². The number of hydrogen-bond acceptors (Lipinski definition) is 2. The predicted octanol–water partition coefficient (Wildman–Crippen LogP) is 1.35. The Balaban J connectivity index is 2.27. The topological polar surface area (TPSA) is 38.3 Å². The van der Waals surface area contributed by atoms with Gasteiger partial charge >= 0.3 is 0 Å². The molecular formula is C12H12FNO2. The van der Waals surface area contributed by atoms with Crippen molar-refractivity contribution in [1.82, 2.24) is 5.32 Å². The van der Waals surface area contributed by atoms with Crippen LogP contribution in [0.25, 0.3) is 0 Å². The Bertz CT molecular complexity index is 427. The standard InChI is InChI=1S/C12H12FNO2/c1-2-11(15)14-12(7-16-8-12)9-4-3-5-10(13)6-9/h2-6H,1,7-8H2,(H,14,15). The predicted molar refractivity (Wildman–Crippen MR) is 57.2 cm³/mol. The van der Waals surface area contributed by atoms with Gasteiger partial charge in [-0.2, -0.15) is 0 Å². The van der Waals surface area contributed by atoms with Crippen LogP contribution in [0, 0.1) is 5.82 Å². The van der Waals surface area contributed by atoms with E-state index in [0.717, 1.165) is 0 Å². The zero-order chi connectivity index (χ0) is 11.6. The van der Waals surface area contributed by atoms with E-state index in [1.807, 2.05) is 0 Å². The van der Waals surface area contributed by atoms with Gasteiger partial charge in [0.2, 0.25) is 5.91 Å². The molecule has 1 aromatic carbocycles. The van der Waals surface area contributed by atoms with Crippen LogP contribution in [0.4, 0.5) is 4.39 Å². The third-order valence-corrected chi connectivity index (χ3v) is 2.62. The summed E-state index contributed by atoms with van der Waals surface area (Å²) in [6.45, 7) is 4.10. The zero-order valence-electron chi connectivity index (χ0n) is 8.70. The lowest BCUT2D eigenvalue weighted by atomic mass is 9.88. The summed E-state index contributed by atoms with van der Waals surface area (Å²) in [6.07, 6.45) is 1.19. The van der Waals surface area contributed by atoms with E-state index >= 15 is 0 Å². The molecule has 0 atom stereocenters. The summed E-state index contributed by atoms with van der Waals surface area (Å²) in [5.74, 6) is -0.607. The van der Waals surface area contributed by atoms with E-state index in [9.17, 15) is 9.18 Å². The summed E-state index contributed by atoms with van der Waals surface area (Å²) in [6, 6.07) is 6.16. The number of carbonyl (C=O) groups excluding carboxylic acids is 1. The molecule has 1 aromatic rings. The quantitative estimate of drug-likeness (QED) is 0.782. The Hall–Kier alpha value is -1.68. The van der Waals surface area contributed by atoms with Crippen molar-refractivity contribution in [2.45, 2.75) is 5.54 Å². The average molecular weight is 221 g/mol. The molecule has 1 aliphatic heterocycles. The molecule has 0 radical (unpaired) electrons. The smallest absolute Gasteiger partial charge is 0.244 e. The summed E-state index contributed by atoms with van der Waals surface area (Å²) in [7, 11) is 0. The molecule has 0 saturated carbocycles. The van der Waals surface area contributed by atoms with E-state index in [2.05, 4.69) is 11.9 Å². The molecule has 1 aliphatic rings. The second-order valence-corrected chi connectivity index (χ2v) is 3.78. The SMILES string of the molecule is C=CC(=O)NC1(c2cccc(F)c2)COC1. The van der Waals surface area contributed by atoms with E-state index in [0.29, 0.717) is 18.8 Å². The van der Waals surface area contributed by atoms with Gasteiger partial charge in [0, 0.05) is 0 Å². The first-order chi connectivity index (χ1) is 7.66. The molecule has 16 heavy (non-hydrogen) atoms. The molecule has 0 spiro atoms. The van der Waals surface area contributed by atoms with Crippen LogP contribution < -0.4 is 5.32 Å². The highest BCUT2D eigenvalue weighted by molar-refractivity contribution is 5.87. The van der Waals surface area contributed by atoms with Gasteiger partial charge in [0.15, 0.2) is 0 Å². The Morgan fingerprint density at radius 2 is 2.31 bits per heavy atom. The van der Waals surface area contributed by atoms with Gasteiger partial charge < -0.3 is 10.1 Å². The van der Waals surface area contributed by atoms with Crippen molar-refractivity contribution in [2.75, 3.05) is 13.2 Å². The first kappa shape index (κ1) is 10.8. The number of rotatable bonds is 3. The molecule has 4 heteroatoms. The average Bonchev–Trinajstić information content (AvgIpc) is 2.23. The van der Waals surface area contributed by atoms with Crippen LogP contribution in [-0.4, -0.2) is 19.1 Å². The van der Waals surface area contributed by atoms with Crippen molar-refractivity contribution >= 4 is 5.91 Å². The molecule has 3 nitrogen and oxygen atoms in total. The molecule has 2 rings (SSSR count). The third kappa shape index (κ3) is 1.84. The maximum atomic E-state index is 13.1. The molecule has 0 aliphatic carbocycles. The molecular weight excluding hydrogens is 209 g/mol. The second kappa shape index (κ2) is 4.06. The van der Waals surface area contributed by atoms with Crippen LogP contribution in [0.2, 0.25) is 0 Å². The van der Waals surface area contributed by atoms with Gasteiger partial charge in [-0.05, 0) is 23.8 Å². The molecule has 1 N–H and O–H groups in total. The van der Waals surface area contributed by atoms with E-state index in [-0.39, 0.29) is 11.7 Å². The fourth-order valence-corrected chi connectivity index (χ4v) is 1.69. The van der Waals surface area contributed by atoms with Crippen LogP contribution in [0.1, 0.15) is 5.56 Å². The van der Waals surface area contributed by atoms with Gasteiger partial charge in [0.25, 0.3) is 0 Å². The fraction of sp³-hybridized carbons (Fsp3) is 0.250. The zero-order valence-corrected chi connectivity index (χ0v) is 8.70. The monoisotopic (exact) mass is 221 g/mol. The summed E-state index contributed by atoms with van der Waals surface area (Å²) < 4.78 is 18.2. The van der Waals surface area contributed by atoms with Gasteiger partial charge in [-0.3, -0.25) is 4.79 Å². The van der Waals surface area contributed by atoms with Crippen LogP contribution in [0.3, 0.4) is 0 Å². The molecule has 1 heterocycles. The van der Waals surface area contributed by atoms with E-state index < -0.39 is 5.54 Å². The van der Waals surface area contributed by atoms with Gasteiger partial charge in [-0.1, -0.05) is 18.7 Å². The Morgan fingerprint density at radius 3 is 2.81 bits per heavy atom.